The van der Waals surface area contributed by atoms with Gasteiger partial charge in [0.15, 0.2) is 0 Å². The molecule has 1 nitrogen and oxygen atoms in total. The summed E-state index contributed by atoms with van der Waals surface area (Å²) in [5, 5.41) is 0. The summed E-state index contributed by atoms with van der Waals surface area (Å²) < 4.78 is 0. The summed E-state index contributed by atoms with van der Waals surface area (Å²) in [6, 6.07) is 0. The lowest BCUT2D eigenvalue weighted by Gasteiger charge is -2.34. The van der Waals surface area contributed by atoms with Crippen molar-refractivity contribution >= 4 is 21.7 Å². The van der Waals surface area contributed by atoms with Crippen molar-refractivity contribution in [3.05, 3.63) is 0 Å². The first-order valence-electron chi connectivity index (χ1n) is 4.93. The molecule has 2 saturated carbocycles. The van der Waals surface area contributed by atoms with Crippen molar-refractivity contribution in [3.63, 3.8) is 0 Å². The van der Waals surface area contributed by atoms with Gasteiger partial charge in [-0.25, -0.2) is 0 Å². The minimum Gasteiger partial charge on any atom is -0.299 e. The van der Waals surface area contributed by atoms with E-state index in [9.17, 15) is 4.79 Å². The first-order valence-corrected chi connectivity index (χ1v) is 5.85. The predicted octanol–water partition coefficient (Wildman–Crippen LogP) is 3.06. The molecule has 0 saturated heterocycles. The monoisotopic (exact) mass is 230 g/mol. The first kappa shape index (κ1) is 8.74. The molecule has 1 spiro atoms. The van der Waals surface area contributed by atoms with Crippen molar-refractivity contribution in [2.75, 3.05) is 0 Å². The summed E-state index contributed by atoms with van der Waals surface area (Å²) in [6.07, 6.45) is 8.01. The van der Waals surface area contributed by atoms with Crippen molar-refractivity contribution < 1.29 is 4.79 Å². The smallest absolute Gasteiger partial charge is 0.140 e. The number of alkyl halides is 1. The molecule has 0 amide bonds. The zero-order valence-electron chi connectivity index (χ0n) is 7.31. The molecule has 2 fully saturated rings. The highest BCUT2D eigenvalue weighted by Gasteiger charge is 2.48. The minimum atomic E-state index is 0.0677. The van der Waals surface area contributed by atoms with Gasteiger partial charge in [0.1, 0.15) is 5.78 Å². The summed E-state index contributed by atoms with van der Waals surface area (Å²) in [4.78, 5) is 12.2. The van der Waals surface area contributed by atoms with Crippen LogP contribution in [0.25, 0.3) is 0 Å². The maximum absolute atomic E-state index is 11.7. The molecule has 2 aliphatic rings. The van der Waals surface area contributed by atoms with Crippen LogP contribution < -0.4 is 0 Å². The quantitative estimate of drug-likeness (QED) is 0.585. The van der Waals surface area contributed by atoms with E-state index in [0.717, 1.165) is 25.7 Å². The second kappa shape index (κ2) is 3.13. The van der Waals surface area contributed by atoms with E-state index in [1.165, 1.54) is 19.3 Å². The molecular formula is C10H15BrO. The fraction of sp³-hybridized carbons (Fsp3) is 0.900. The molecule has 2 heteroatoms. The average molecular weight is 231 g/mol. The lowest BCUT2D eigenvalue weighted by molar-refractivity contribution is -0.127. The maximum Gasteiger partial charge on any atom is 0.140 e. The Morgan fingerprint density at radius 2 is 1.92 bits per heavy atom. The minimum absolute atomic E-state index is 0.0677. The van der Waals surface area contributed by atoms with Crippen molar-refractivity contribution in [1.29, 1.82) is 0 Å². The van der Waals surface area contributed by atoms with Crippen LogP contribution in [0.3, 0.4) is 0 Å². The molecule has 0 radical (unpaired) electrons. The van der Waals surface area contributed by atoms with Crippen molar-refractivity contribution in [3.8, 4) is 0 Å². The molecule has 1 unspecified atom stereocenters. The maximum atomic E-state index is 11.7. The summed E-state index contributed by atoms with van der Waals surface area (Å²) in [5.74, 6) is 0.532. The normalized spacial score (nSPS) is 34.4. The van der Waals surface area contributed by atoms with E-state index in [1.54, 1.807) is 0 Å². The summed E-state index contributed by atoms with van der Waals surface area (Å²) >= 11 is 3.68. The van der Waals surface area contributed by atoms with E-state index in [0.29, 0.717) is 10.6 Å². The van der Waals surface area contributed by atoms with Gasteiger partial charge in [0.2, 0.25) is 0 Å². The highest BCUT2D eigenvalue weighted by atomic mass is 79.9. The van der Waals surface area contributed by atoms with Crippen LogP contribution in [-0.4, -0.2) is 10.6 Å². The van der Waals surface area contributed by atoms with Gasteiger partial charge in [-0.2, -0.15) is 0 Å². The first-order chi connectivity index (χ1) is 5.76. The summed E-state index contributed by atoms with van der Waals surface area (Å²) in [6.45, 7) is 0. The van der Waals surface area contributed by atoms with Gasteiger partial charge >= 0.3 is 0 Å². The number of carbonyl (C=O) groups is 1. The van der Waals surface area contributed by atoms with E-state index in [2.05, 4.69) is 15.9 Å². The van der Waals surface area contributed by atoms with Gasteiger partial charge in [0.25, 0.3) is 0 Å². The standard InChI is InChI=1S/C10H15BrO/c11-8-4-5-9(12)10(8)6-2-1-3-7-10/h8H,1-7H2. The van der Waals surface area contributed by atoms with Gasteiger partial charge in [-0.1, -0.05) is 35.2 Å². The van der Waals surface area contributed by atoms with Crippen LogP contribution in [0.15, 0.2) is 0 Å². The van der Waals surface area contributed by atoms with Crippen LogP contribution >= 0.6 is 15.9 Å². The van der Waals surface area contributed by atoms with Gasteiger partial charge < -0.3 is 0 Å². The molecule has 0 aromatic carbocycles. The van der Waals surface area contributed by atoms with Crippen LogP contribution in [0.5, 0.6) is 0 Å². The highest BCUT2D eigenvalue weighted by Crippen LogP contribution is 2.49. The van der Waals surface area contributed by atoms with Gasteiger partial charge in [0, 0.05) is 16.7 Å². The van der Waals surface area contributed by atoms with Crippen LogP contribution in [0, 0.1) is 5.41 Å². The molecular weight excluding hydrogens is 216 g/mol. The van der Waals surface area contributed by atoms with Crippen molar-refractivity contribution in [1.82, 2.24) is 0 Å². The van der Waals surface area contributed by atoms with E-state index >= 15 is 0 Å². The number of halogens is 1. The molecule has 2 aliphatic carbocycles. The third kappa shape index (κ3) is 1.15. The summed E-state index contributed by atoms with van der Waals surface area (Å²) in [7, 11) is 0. The van der Waals surface area contributed by atoms with Crippen molar-refractivity contribution in [2.24, 2.45) is 5.41 Å². The topological polar surface area (TPSA) is 17.1 Å². The SMILES string of the molecule is O=C1CCC(Br)C12CCCCC2. The third-order valence-corrected chi connectivity index (χ3v) is 4.86. The molecule has 1 atom stereocenters. The number of ketones is 1. The van der Waals surface area contributed by atoms with Gasteiger partial charge in [-0.3, -0.25) is 4.79 Å². The molecule has 0 aromatic rings. The zero-order chi connectivity index (χ0) is 8.60. The Labute approximate surface area is 82.0 Å². The molecule has 0 aromatic heterocycles. The van der Waals surface area contributed by atoms with Crippen LogP contribution in [0.4, 0.5) is 0 Å². The van der Waals surface area contributed by atoms with Crippen LogP contribution in [0.1, 0.15) is 44.9 Å². The molecule has 0 bridgehead atoms. The largest absolute Gasteiger partial charge is 0.299 e. The van der Waals surface area contributed by atoms with Crippen molar-refractivity contribution in [2.45, 2.75) is 49.8 Å². The lowest BCUT2D eigenvalue weighted by atomic mass is 9.72. The van der Waals surface area contributed by atoms with E-state index in [1.807, 2.05) is 0 Å². The van der Waals surface area contributed by atoms with E-state index in [4.69, 9.17) is 0 Å². The number of rotatable bonds is 0. The summed E-state index contributed by atoms with van der Waals surface area (Å²) in [5.41, 5.74) is 0.0677. The Bertz CT molecular complexity index is 194. The van der Waals surface area contributed by atoms with E-state index < -0.39 is 0 Å². The average Bonchev–Trinajstić information content (AvgIpc) is 2.36. The van der Waals surface area contributed by atoms with Gasteiger partial charge in [0.05, 0.1) is 0 Å². The molecule has 0 N–H and O–H groups in total. The van der Waals surface area contributed by atoms with Gasteiger partial charge in [-0.15, -0.1) is 0 Å². The molecule has 0 aliphatic heterocycles. The number of hydrogen-bond acceptors (Lipinski definition) is 1. The third-order valence-electron chi connectivity index (χ3n) is 3.53. The fourth-order valence-corrected chi connectivity index (χ4v) is 3.67. The zero-order valence-corrected chi connectivity index (χ0v) is 8.90. The number of carbonyl (C=O) groups excluding carboxylic acids is 1. The van der Waals surface area contributed by atoms with E-state index in [-0.39, 0.29) is 5.41 Å². The second-order valence-electron chi connectivity index (χ2n) is 4.15. The molecule has 2 rings (SSSR count). The second-order valence-corrected chi connectivity index (χ2v) is 5.25. The molecule has 68 valence electrons. The van der Waals surface area contributed by atoms with Crippen LogP contribution in [-0.2, 0) is 4.79 Å². The number of Topliss-reactive ketones (excluding diaryl/α,β-unsaturated/α-hetero) is 1. The predicted molar refractivity (Wildman–Crippen MR) is 52.5 cm³/mol. The molecule has 12 heavy (non-hydrogen) atoms. The van der Waals surface area contributed by atoms with Crippen LogP contribution in [0.2, 0.25) is 0 Å². The number of hydrogen-bond donors (Lipinski definition) is 0. The Hall–Kier alpha value is 0.150. The Kier molecular flexibility index (Phi) is 2.28. The Morgan fingerprint density at radius 3 is 2.42 bits per heavy atom. The van der Waals surface area contributed by atoms with Gasteiger partial charge in [-0.05, 0) is 19.3 Å². The Balaban J connectivity index is 2.20. The highest BCUT2D eigenvalue weighted by molar-refractivity contribution is 9.09. The fourth-order valence-electron chi connectivity index (χ4n) is 2.73. The Morgan fingerprint density at radius 1 is 1.25 bits per heavy atom. The lowest BCUT2D eigenvalue weighted by Crippen LogP contribution is -2.34. The molecule has 0 heterocycles.